The zero-order valence-electron chi connectivity index (χ0n) is 10.9. The second kappa shape index (κ2) is 5.40. The number of aliphatic hydroxyl groups is 1. The van der Waals surface area contributed by atoms with Crippen molar-refractivity contribution in [1.82, 2.24) is 9.88 Å². The number of halogens is 3. The average molecular weight is 288 g/mol. The molecule has 1 saturated heterocycles. The number of pyridine rings is 1. The second-order valence-electron chi connectivity index (χ2n) is 4.94. The lowest BCUT2D eigenvalue weighted by molar-refractivity contribution is -0.137. The summed E-state index contributed by atoms with van der Waals surface area (Å²) in [5, 5.41) is 9.29. The van der Waals surface area contributed by atoms with Crippen LogP contribution in [0.15, 0.2) is 18.3 Å². The molecule has 1 amide bonds. The number of likely N-dealkylation sites (tertiary alicyclic amines) is 1. The Morgan fingerprint density at radius 1 is 1.50 bits per heavy atom. The highest BCUT2D eigenvalue weighted by Crippen LogP contribution is 2.29. The first-order chi connectivity index (χ1) is 9.34. The molecule has 0 aromatic carbocycles. The number of hydrogen-bond donors (Lipinski definition) is 1. The van der Waals surface area contributed by atoms with Crippen LogP contribution in [0, 0.1) is 5.92 Å². The third-order valence-corrected chi connectivity index (χ3v) is 3.64. The van der Waals surface area contributed by atoms with Gasteiger partial charge in [0.25, 0.3) is 5.91 Å². The lowest BCUT2D eigenvalue weighted by Crippen LogP contribution is -2.40. The van der Waals surface area contributed by atoms with Gasteiger partial charge in [-0.15, -0.1) is 0 Å². The largest absolute Gasteiger partial charge is 0.417 e. The standard InChI is InChI=1S/C13H15F3N2O2/c1-8-4-5-18(11(8)7-19)12(20)10-3-2-9(6-17-10)13(14,15)16/h2-3,6,8,11,19H,4-5,7H2,1H3. The molecule has 2 heterocycles. The van der Waals surface area contributed by atoms with Crippen LogP contribution < -0.4 is 0 Å². The van der Waals surface area contributed by atoms with E-state index in [-0.39, 0.29) is 24.3 Å². The van der Waals surface area contributed by atoms with E-state index in [4.69, 9.17) is 0 Å². The van der Waals surface area contributed by atoms with Gasteiger partial charge in [0.2, 0.25) is 0 Å². The number of rotatable bonds is 2. The summed E-state index contributed by atoms with van der Waals surface area (Å²) in [5.74, 6) is -0.277. The summed E-state index contributed by atoms with van der Waals surface area (Å²) in [6, 6.07) is 1.61. The van der Waals surface area contributed by atoms with Crippen LogP contribution in [0.1, 0.15) is 29.4 Å². The number of hydrogen-bond acceptors (Lipinski definition) is 3. The van der Waals surface area contributed by atoms with Gasteiger partial charge in [-0.25, -0.2) is 0 Å². The van der Waals surface area contributed by atoms with Crippen LogP contribution in [0.4, 0.5) is 13.2 Å². The lowest BCUT2D eigenvalue weighted by atomic mass is 10.0. The SMILES string of the molecule is CC1CCN(C(=O)c2ccc(C(F)(F)F)cn2)C1CO. The molecule has 1 fully saturated rings. The molecule has 1 aromatic heterocycles. The molecular weight excluding hydrogens is 273 g/mol. The van der Waals surface area contributed by atoms with Gasteiger partial charge in [-0.05, 0) is 24.5 Å². The van der Waals surface area contributed by atoms with E-state index in [9.17, 15) is 23.1 Å². The zero-order chi connectivity index (χ0) is 14.9. The molecule has 0 spiro atoms. The molecule has 1 N–H and O–H groups in total. The summed E-state index contributed by atoms with van der Waals surface area (Å²) in [7, 11) is 0. The molecule has 2 rings (SSSR count). The monoisotopic (exact) mass is 288 g/mol. The summed E-state index contributed by atoms with van der Waals surface area (Å²) in [6.45, 7) is 2.25. The number of alkyl halides is 3. The van der Waals surface area contributed by atoms with E-state index in [0.717, 1.165) is 18.6 Å². The lowest BCUT2D eigenvalue weighted by Gasteiger charge is -2.24. The minimum Gasteiger partial charge on any atom is -0.394 e. The van der Waals surface area contributed by atoms with Crippen molar-refractivity contribution < 1.29 is 23.1 Å². The van der Waals surface area contributed by atoms with Gasteiger partial charge >= 0.3 is 6.18 Å². The molecule has 7 heteroatoms. The Morgan fingerprint density at radius 3 is 2.70 bits per heavy atom. The Morgan fingerprint density at radius 2 is 2.20 bits per heavy atom. The predicted octanol–water partition coefficient (Wildman–Crippen LogP) is 1.94. The Hall–Kier alpha value is -1.63. The van der Waals surface area contributed by atoms with E-state index in [1.165, 1.54) is 4.90 Å². The summed E-state index contributed by atoms with van der Waals surface area (Å²) < 4.78 is 37.3. The van der Waals surface area contributed by atoms with Crippen LogP contribution in [0.25, 0.3) is 0 Å². The summed E-state index contributed by atoms with van der Waals surface area (Å²) >= 11 is 0. The maximum atomic E-state index is 12.4. The number of aliphatic hydroxyl groups excluding tert-OH is 1. The van der Waals surface area contributed by atoms with E-state index in [1.807, 2.05) is 6.92 Å². The van der Waals surface area contributed by atoms with E-state index in [1.54, 1.807) is 0 Å². The van der Waals surface area contributed by atoms with Gasteiger partial charge < -0.3 is 10.0 Å². The topological polar surface area (TPSA) is 53.4 Å². The van der Waals surface area contributed by atoms with Crippen LogP contribution >= 0.6 is 0 Å². The van der Waals surface area contributed by atoms with Gasteiger partial charge in [0.05, 0.1) is 18.2 Å². The third kappa shape index (κ3) is 2.77. The normalized spacial score (nSPS) is 23.1. The van der Waals surface area contributed by atoms with Crippen LogP contribution in [-0.2, 0) is 6.18 Å². The zero-order valence-corrected chi connectivity index (χ0v) is 10.9. The quantitative estimate of drug-likeness (QED) is 0.905. The van der Waals surface area contributed by atoms with Crippen LogP contribution in [0.2, 0.25) is 0 Å². The first-order valence-corrected chi connectivity index (χ1v) is 6.29. The highest BCUT2D eigenvalue weighted by atomic mass is 19.4. The van der Waals surface area contributed by atoms with Gasteiger partial charge in [-0.3, -0.25) is 9.78 Å². The number of amides is 1. The van der Waals surface area contributed by atoms with Crippen molar-refractivity contribution in [3.8, 4) is 0 Å². The summed E-state index contributed by atoms with van der Waals surface area (Å²) in [5.41, 5.74) is -0.923. The van der Waals surface area contributed by atoms with Crippen LogP contribution in [-0.4, -0.2) is 40.1 Å². The van der Waals surface area contributed by atoms with Crippen LogP contribution in [0.3, 0.4) is 0 Å². The van der Waals surface area contributed by atoms with E-state index >= 15 is 0 Å². The highest BCUT2D eigenvalue weighted by molar-refractivity contribution is 5.92. The van der Waals surface area contributed by atoms with Crippen molar-refractivity contribution in [3.63, 3.8) is 0 Å². The first kappa shape index (κ1) is 14.8. The predicted molar refractivity (Wildman–Crippen MR) is 64.9 cm³/mol. The molecule has 1 aliphatic heterocycles. The Bertz CT molecular complexity index is 487. The molecule has 0 radical (unpaired) electrons. The van der Waals surface area contributed by atoms with Crippen molar-refractivity contribution >= 4 is 5.91 Å². The van der Waals surface area contributed by atoms with Gasteiger partial charge in [0.15, 0.2) is 0 Å². The molecule has 0 saturated carbocycles. The number of aromatic nitrogens is 1. The van der Waals surface area contributed by atoms with Crippen molar-refractivity contribution in [3.05, 3.63) is 29.6 Å². The molecule has 0 aliphatic carbocycles. The van der Waals surface area contributed by atoms with Gasteiger partial charge in [-0.1, -0.05) is 6.92 Å². The minimum absolute atomic E-state index is 0.0365. The first-order valence-electron chi connectivity index (χ1n) is 6.29. The molecule has 110 valence electrons. The molecule has 1 aliphatic rings. The molecule has 20 heavy (non-hydrogen) atoms. The Labute approximate surface area is 114 Å². The third-order valence-electron chi connectivity index (χ3n) is 3.64. The maximum absolute atomic E-state index is 12.4. The summed E-state index contributed by atoms with van der Waals surface area (Å²) in [6.07, 6.45) is -3.05. The van der Waals surface area contributed by atoms with Crippen LogP contribution in [0.5, 0.6) is 0 Å². The molecule has 2 unspecified atom stereocenters. The van der Waals surface area contributed by atoms with Gasteiger partial charge in [0.1, 0.15) is 5.69 Å². The maximum Gasteiger partial charge on any atom is 0.417 e. The second-order valence-corrected chi connectivity index (χ2v) is 4.94. The van der Waals surface area contributed by atoms with Crippen molar-refractivity contribution in [2.45, 2.75) is 25.6 Å². The van der Waals surface area contributed by atoms with E-state index < -0.39 is 17.6 Å². The molecular formula is C13H15F3N2O2. The fourth-order valence-electron chi connectivity index (χ4n) is 2.37. The number of carbonyl (C=O) groups is 1. The van der Waals surface area contributed by atoms with Gasteiger partial charge in [0, 0.05) is 12.7 Å². The Balaban J connectivity index is 2.18. The Kier molecular flexibility index (Phi) is 3.99. The fourth-order valence-corrected chi connectivity index (χ4v) is 2.37. The van der Waals surface area contributed by atoms with E-state index in [2.05, 4.69) is 4.98 Å². The van der Waals surface area contributed by atoms with Gasteiger partial charge in [-0.2, -0.15) is 13.2 Å². The smallest absolute Gasteiger partial charge is 0.394 e. The molecule has 4 nitrogen and oxygen atoms in total. The van der Waals surface area contributed by atoms with Crippen molar-refractivity contribution in [1.29, 1.82) is 0 Å². The molecule has 2 atom stereocenters. The number of carbonyl (C=O) groups excluding carboxylic acids is 1. The number of nitrogens with zero attached hydrogens (tertiary/aromatic N) is 2. The summed E-state index contributed by atoms with van der Waals surface area (Å²) in [4.78, 5) is 17.3. The fraction of sp³-hybridized carbons (Fsp3) is 0.538. The highest BCUT2D eigenvalue weighted by Gasteiger charge is 2.35. The minimum atomic E-state index is -4.47. The van der Waals surface area contributed by atoms with Crippen molar-refractivity contribution in [2.24, 2.45) is 5.92 Å². The average Bonchev–Trinajstić information content (AvgIpc) is 2.78. The van der Waals surface area contributed by atoms with E-state index in [0.29, 0.717) is 12.7 Å². The van der Waals surface area contributed by atoms with Crippen molar-refractivity contribution in [2.75, 3.05) is 13.2 Å². The molecule has 1 aromatic rings. The molecule has 0 bridgehead atoms.